The Labute approximate surface area is 144 Å². The molecule has 0 heterocycles. The molecule has 0 radical (unpaired) electrons. The summed E-state index contributed by atoms with van der Waals surface area (Å²) in [7, 11) is -1.08. The first-order chi connectivity index (χ1) is 10.2. The number of unbranched alkanes of at least 4 members (excludes halogenated alkanes) is 5. The SMILES string of the molecule is CCCCCCCC[P+](CCCO)(CCCO)CCCO.[Cl-]. The summed E-state index contributed by atoms with van der Waals surface area (Å²) in [5, 5.41) is 27.5. The zero-order valence-electron chi connectivity index (χ0n) is 14.5. The molecule has 5 heteroatoms. The quantitative estimate of drug-likeness (QED) is 0.279. The standard InChI is InChI=1S/C17H38O3P.ClH/c1-2-3-4-5-6-7-14-21(15-8-11-18,16-9-12-19)17-10-13-20;/h18-20H,2-17H2,1H3;1H/q+1;/p-1. The van der Waals surface area contributed by atoms with E-state index in [4.69, 9.17) is 15.3 Å². The Morgan fingerprint density at radius 2 is 0.909 bits per heavy atom. The van der Waals surface area contributed by atoms with Gasteiger partial charge in [-0.2, -0.15) is 0 Å². The van der Waals surface area contributed by atoms with Crippen LogP contribution in [-0.4, -0.2) is 59.8 Å². The molecule has 0 aliphatic rings. The maximum Gasteiger partial charge on any atom is 0.0616 e. The molecule has 22 heavy (non-hydrogen) atoms. The van der Waals surface area contributed by atoms with Gasteiger partial charge in [-0.05, 0) is 12.8 Å². The molecule has 0 aromatic rings. The number of hydrogen-bond donors (Lipinski definition) is 3. The van der Waals surface area contributed by atoms with E-state index in [0.29, 0.717) is 0 Å². The molecule has 0 rings (SSSR count). The highest BCUT2D eigenvalue weighted by Crippen LogP contribution is 2.60. The van der Waals surface area contributed by atoms with Crippen LogP contribution in [0.2, 0.25) is 0 Å². The molecule has 0 aliphatic carbocycles. The van der Waals surface area contributed by atoms with Crippen molar-refractivity contribution in [1.82, 2.24) is 0 Å². The topological polar surface area (TPSA) is 60.7 Å². The van der Waals surface area contributed by atoms with Crippen molar-refractivity contribution in [2.75, 3.05) is 44.5 Å². The molecule has 0 bridgehead atoms. The van der Waals surface area contributed by atoms with Crippen LogP contribution < -0.4 is 12.4 Å². The summed E-state index contributed by atoms with van der Waals surface area (Å²) in [4.78, 5) is 0. The molecular formula is C17H38ClO3P. The van der Waals surface area contributed by atoms with E-state index in [-0.39, 0.29) is 32.2 Å². The van der Waals surface area contributed by atoms with E-state index in [1.807, 2.05) is 0 Å². The minimum absolute atomic E-state index is 0. The Morgan fingerprint density at radius 1 is 0.545 bits per heavy atom. The van der Waals surface area contributed by atoms with Crippen molar-refractivity contribution in [2.24, 2.45) is 0 Å². The second-order valence-electron chi connectivity index (χ2n) is 6.24. The summed E-state index contributed by atoms with van der Waals surface area (Å²) in [6.07, 6.45) is 15.3. The summed E-state index contributed by atoms with van der Waals surface area (Å²) in [6, 6.07) is 0. The molecular weight excluding hydrogens is 319 g/mol. The van der Waals surface area contributed by atoms with E-state index in [0.717, 1.165) is 37.7 Å². The molecule has 0 aromatic carbocycles. The smallest absolute Gasteiger partial charge is 0.0616 e. The third-order valence-corrected chi connectivity index (χ3v) is 9.42. The van der Waals surface area contributed by atoms with Gasteiger partial charge in [0.15, 0.2) is 0 Å². The van der Waals surface area contributed by atoms with Crippen LogP contribution in [0.25, 0.3) is 0 Å². The van der Waals surface area contributed by atoms with Gasteiger partial charge in [0.25, 0.3) is 0 Å². The minimum Gasteiger partial charge on any atom is -1.00 e. The first kappa shape index (κ1) is 24.8. The van der Waals surface area contributed by atoms with Gasteiger partial charge in [0.05, 0.1) is 24.6 Å². The molecule has 0 saturated heterocycles. The summed E-state index contributed by atoms with van der Waals surface area (Å²) in [5.74, 6) is 0. The van der Waals surface area contributed by atoms with Gasteiger partial charge in [0.1, 0.15) is 0 Å². The highest BCUT2D eigenvalue weighted by molar-refractivity contribution is 7.75. The molecule has 3 nitrogen and oxygen atoms in total. The monoisotopic (exact) mass is 356 g/mol. The van der Waals surface area contributed by atoms with Gasteiger partial charge in [-0.15, -0.1) is 0 Å². The van der Waals surface area contributed by atoms with Crippen LogP contribution in [0, 0.1) is 0 Å². The van der Waals surface area contributed by atoms with Crippen molar-refractivity contribution in [3.8, 4) is 0 Å². The van der Waals surface area contributed by atoms with Gasteiger partial charge in [-0.3, -0.25) is 0 Å². The van der Waals surface area contributed by atoms with Crippen LogP contribution in [0.5, 0.6) is 0 Å². The maximum atomic E-state index is 9.17. The second kappa shape index (κ2) is 17.9. The van der Waals surface area contributed by atoms with Gasteiger partial charge in [-0.1, -0.05) is 32.6 Å². The number of hydrogen-bond acceptors (Lipinski definition) is 3. The fraction of sp³-hybridized carbons (Fsp3) is 1.00. The molecule has 3 N–H and O–H groups in total. The highest BCUT2D eigenvalue weighted by atomic mass is 35.5. The third kappa shape index (κ3) is 13.1. The number of halogens is 1. The average Bonchev–Trinajstić information content (AvgIpc) is 2.51. The molecule has 0 aliphatic heterocycles. The van der Waals surface area contributed by atoms with E-state index < -0.39 is 7.26 Å². The molecule has 0 atom stereocenters. The molecule has 0 fully saturated rings. The molecule has 0 aromatic heterocycles. The Bertz CT molecular complexity index is 196. The van der Waals surface area contributed by atoms with Crippen molar-refractivity contribution in [3.05, 3.63) is 0 Å². The fourth-order valence-electron chi connectivity index (χ4n) is 3.12. The Hall–Kier alpha value is 0.600. The number of aliphatic hydroxyl groups excluding tert-OH is 3. The first-order valence-electron chi connectivity index (χ1n) is 8.92. The molecule has 0 spiro atoms. The Morgan fingerprint density at radius 3 is 1.32 bits per heavy atom. The fourth-order valence-corrected chi connectivity index (χ4v) is 7.79. The maximum absolute atomic E-state index is 9.17. The molecule has 0 unspecified atom stereocenters. The van der Waals surface area contributed by atoms with E-state index >= 15 is 0 Å². The zero-order chi connectivity index (χ0) is 15.8. The normalized spacial score (nSPS) is 11.5. The summed E-state index contributed by atoms with van der Waals surface area (Å²) >= 11 is 0. The van der Waals surface area contributed by atoms with Crippen molar-refractivity contribution in [3.63, 3.8) is 0 Å². The van der Waals surface area contributed by atoms with E-state index in [9.17, 15) is 0 Å². The van der Waals surface area contributed by atoms with Crippen LogP contribution >= 0.6 is 7.26 Å². The second-order valence-corrected chi connectivity index (χ2v) is 10.7. The van der Waals surface area contributed by atoms with Gasteiger partial charge >= 0.3 is 0 Å². The van der Waals surface area contributed by atoms with Crippen molar-refractivity contribution in [1.29, 1.82) is 0 Å². The summed E-state index contributed by atoms with van der Waals surface area (Å²) in [5.41, 5.74) is 0. The van der Waals surface area contributed by atoms with Crippen molar-refractivity contribution < 1.29 is 27.7 Å². The van der Waals surface area contributed by atoms with Gasteiger partial charge in [0, 0.05) is 46.3 Å². The first-order valence-corrected chi connectivity index (χ1v) is 11.5. The van der Waals surface area contributed by atoms with E-state index in [1.165, 1.54) is 44.7 Å². The number of aliphatic hydroxyl groups is 3. The Kier molecular flexibility index (Phi) is 20.3. The largest absolute Gasteiger partial charge is 1.00 e. The third-order valence-electron chi connectivity index (χ3n) is 4.36. The van der Waals surface area contributed by atoms with Crippen molar-refractivity contribution >= 4 is 7.26 Å². The van der Waals surface area contributed by atoms with Crippen LogP contribution in [0.3, 0.4) is 0 Å². The van der Waals surface area contributed by atoms with Crippen LogP contribution in [0.15, 0.2) is 0 Å². The van der Waals surface area contributed by atoms with Crippen molar-refractivity contribution in [2.45, 2.75) is 64.7 Å². The van der Waals surface area contributed by atoms with Gasteiger partial charge in [-0.25, -0.2) is 0 Å². The lowest BCUT2D eigenvalue weighted by Crippen LogP contribution is -3.00. The molecule has 136 valence electrons. The van der Waals surface area contributed by atoms with E-state index in [2.05, 4.69) is 6.92 Å². The predicted octanol–water partition coefficient (Wildman–Crippen LogP) is 0.516. The molecule has 0 amide bonds. The number of rotatable bonds is 16. The Balaban J connectivity index is 0. The summed E-state index contributed by atoms with van der Waals surface area (Å²) < 4.78 is 0. The van der Waals surface area contributed by atoms with Crippen LogP contribution in [0.1, 0.15) is 64.7 Å². The van der Waals surface area contributed by atoms with Crippen LogP contribution in [0.4, 0.5) is 0 Å². The minimum atomic E-state index is -1.08. The highest BCUT2D eigenvalue weighted by Gasteiger charge is 2.34. The van der Waals surface area contributed by atoms with Gasteiger partial charge in [0.2, 0.25) is 0 Å². The predicted molar refractivity (Wildman–Crippen MR) is 94.9 cm³/mol. The molecule has 0 saturated carbocycles. The lowest BCUT2D eigenvalue weighted by Gasteiger charge is -2.27. The summed E-state index contributed by atoms with van der Waals surface area (Å²) in [6.45, 7) is 3.07. The zero-order valence-corrected chi connectivity index (χ0v) is 16.1. The van der Waals surface area contributed by atoms with Crippen LogP contribution in [-0.2, 0) is 0 Å². The van der Waals surface area contributed by atoms with Gasteiger partial charge < -0.3 is 27.7 Å². The lowest BCUT2D eigenvalue weighted by atomic mass is 10.1. The average molecular weight is 357 g/mol. The lowest BCUT2D eigenvalue weighted by molar-refractivity contribution is -0.00000788. The van der Waals surface area contributed by atoms with E-state index in [1.54, 1.807) is 0 Å².